The van der Waals surface area contributed by atoms with Gasteiger partial charge in [0.15, 0.2) is 0 Å². The van der Waals surface area contributed by atoms with Crippen LogP contribution in [-0.2, 0) is 9.53 Å². The van der Waals surface area contributed by atoms with Gasteiger partial charge >= 0.3 is 6.09 Å². The number of para-hydroxylation sites is 1. The number of ether oxygens (including phenoxy) is 1. The van der Waals surface area contributed by atoms with Gasteiger partial charge in [-0.05, 0) is 57.4 Å². The summed E-state index contributed by atoms with van der Waals surface area (Å²) in [5, 5.41) is 2.93. The number of rotatable bonds is 3. The molecule has 1 saturated heterocycles. The van der Waals surface area contributed by atoms with Crippen LogP contribution >= 0.6 is 0 Å². The molecule has 148 valence electrons. The van der Waals surface area contributed by atoms with Crippen LogP contribution in [0.15, 0.2) is 48.5 Å². The Morgan fingerprint density at radius 1 is 1.11 bits per heavy atom. The number of nitrogens with zero attached hydrogens (tertiary/aromatic N) is 1. The minimum atomic E-state index is -0.615. The molecule has 1 fully saturated rings. The quantitative estimate of drug-likeness (QED) is 0.824. The molecule has 28 heavy (non-hydrogen) atoms. The molecule has 2 amide bonds. The molecule has 1 aliphatic rings. The highest BCUT2D eigenvalue weighted by molar-refractivity contribution is 6.00. The Morgan fingerprint density at radius 2 is 1.79 bits per heavy atom. The molecular weight excluding hydrogens is 359 g/mol. The zero-order valence-corrected chi connectivity index (χ0v) is 16.4. The van der Waals surface area contributed by atoms with Crippen molar-refractivity contribution in [2.45, 2.75) is 45.3 Å². The van der Waals surface area contributed by atoms with Crippen LogP contribution in [-0.4, -0.2) is 35.1 Å². The lowest BCUT2D eigenvalue weighted by molar-refractivity contribution is -0.120. The summed E-state index contributed by atoms with van der Waals surface area (Å²) >= 11 is 0. The summed E-state index contributed by atoms with van der Waals surface area (Å²) in [6.07, 6.45) is 0.859. The molecule has 1 heterocycles. The van der Waals surface area contributed by atoms with E-state index < -0.39 is 17.7 Å². The second-order valence-corrected chi connectivity index (χ2v) is 7.87. The van der Waals surface area contributed by atoms with Crippen LogP contribution in [0.25, 0.3) is 11.1 Å². The number of hydrogen-bond donors (Lipinski definition) is 1. The highest BCUT2D eigenvalue weighted by Crippen LogP contribution is 2.29. The molecule has 0 bridgehead atoms. The summed E-state index contributed by atoms with van der Waals surface area (Å²) in [4.78, 5) is 26.8. The molecule has 3 rings (SSSR count). The van der Waals surface area contributed by atoms with Crippen LogP contribution in [0.1, 0.15) is 33.6 Å². The van der Waals surface area contributed by atoms with Crippen molar-refractivity contribution in [2.75, 3.05) is 11.9 Å². The number of nitrogens with one attached hydrogen (secondary N) is 1. The second kappa shape index (κ2) is 8.00. The number of amides is 2. The molecule has 1 N–H and O–H groups in total. The summed E-state index contributed by atoms with van der Waals surface area (Å²) in [6, 6.07) is 12.9. The fourth-order valence-electron chi connectivity index (χ4n) is 3.27. The lowest BCUT2D eigenvalue weighted by Crippen LogP contribution is -2.45. The van der Waals surface area contributed by atoms with Gasteiger partial charge in [0, 0.05) is 17.8 Å². The Kier molecular flexibility index (Phi) is 5.68. The monoisotopic (exact) mass is 384 g/mol. The molecule has 2 aromatic carbocycles. The molecule has 1 aliphatic heterocycles. The molecule has 2 aromatic rings. The lowest BCUT2D eigenvalue weighted by atomic mass is 10.0. The van der Waals surface area contributed by atoms with E-state index in [-0.39, 0.29) is 11.7 Å². The molecular formula is C22H25FN2O3. The summed E-state index contributed by atoms with van der Waals surface area (Å²) in [6.45, 7) is 5.89. The minimum Gasteiger partial charge on any atom is -0.444 e. The van der Waals surface area contributed by atoms with Gasteiger partial charge in [0.05, 0.1) is 0 Å². The maximum absolute atomic E-state index is 13.2. The van der Waals surface area contributed by atoms with Crippen LogP contribution in [0.2, 0.25) is 0 Å². The fourth-order valence-corrected chi connectivity index (χ4v) is 3.27. The number of likely N-dealkylation sites (tertiary alicyclic amines) is 1. The number of hydrogen-bond acceptors (Lipinski definition) is 3. The number of anilines is 1. The third-order valence-corrected chi connectivity index (χ3v) is 4.52. The lowest BCUT2D eigenvalue weighted by Gasteiger charge is -2.28. The Morgan fingerprint density at radius 3 is 2.46 bits per heavy atom. The third kappa shape index (κ3) is 4.68. The smallest absolute Gasteiger partial charge is 0.410 e. The van der Waals surface area contributed by atoms with Crippen LogP contribution in [0.4, 0.5) is 14.9 Å². The Bertz CT molecular complexity index is 859. The van der Waals surface area contributed by atoms with Gasteiger partial charge in [0.25, 0.3) is 0 Å². The first-order valence-corrected chi connectivity index (χ1v) is 9.40. The first-order valence-electron chi connectivity index (χ1n) is 9.40. The van der Waals surface area contributed by atoms with Crippen molar-refractivity contribution in [2.24, 2.45) is 0 Å². The molecule has 0 saturated carbocycles. The van der Waals surface area contributed by atoms with E-state index in [1.165, 1.54) is 17.0 Å². The van der Waals surface area contributed by atoms with Crippen molar-refractivity contribution in [3.05, 3.63) is 54.3 Å². The van der Waals surface area contributed by atoms with E-state index in [1.807, 2.05) is 18.2 Å². The SMILES string of the molecule is CC(C)(C)OC(=O)N1CCCC1C(=O)Nc1ccccc1-c1ccc(F)cc1. The second-order valence-electron chi connectivity index (χ2n) is 7.87. The zero-order valence-electron chi connectivity index (χ0n) is 16.4. The Labute approximate surface area is 164 Å². The number of benzene rings is 2. The molecule has 6 heteroatoms. The predicted octanol–water partition coefficient (Wildman–Crippen LogP) is 4.83. The summed E-state index contributed by atoms with van der Waals surface area (Å²) in [7, 11) is 0. The van der Waals surface area contributed by atoms with Gasteiger partial charge in [-0.3, -0.25) is 9.69 Å². The molecule has 0 spiro atoms. The van der Waals surface area contributed by atoms with E-state index >= 15 is 0 Å². The van der Waals surface area contributed by atoms with Crippen LogP contribution in [0, 0.1) is 5.82 Å². The summed E-state index contributed by atoms with van der Waals surface area (Å²) < 4.78 is 18.7. The Balaban J connectivity index is 1.78. The maximum Gasteiger partial charge on any atom is 0.410 e. The maximum atomic E-state index is 13.2. The first kappa shape index (κ1) is 19.9. The van der Waals surface area contributed by atoms with Gasteiger partial charge < -0.3 is 10.1 Å². The van der Waals surface area contributed by atoms with E-state index in [9.17, 15) is 14.0 Å². The first-order chi connectivity index (χ1) is 13.2. The van der Waals surface area contributed by atoms with Crippen molar-refractivity contribution in [1.29, 1.82) is 0 Å². The number of halogens is 1. The van der Waals surface area contributed by atoms with E-state index in [2.05, 4.69) is 5.32 Å². The van der Waals surface area contributed by atoms with Gasteiger partial charge in [-0.1, -0.05) is 30.3 Å². The van der Waals surface area contributed by atoms with Crippen molar-refractivity contribution >= 4 is 17.7 Å². The van der Waals surface area contributed by atoms with Crippen molar-refractivity contribution < 1.29 is 18.7 Å². The zero-order chi connectivity index (χ0) is 20.3. The van der Waals surface area contributed by atoms with Gasteiger partial charge in [0.2, 0.25) is 5.91 Å². The summed E-state index contributed by atoms with van der Waals surface area (Å²) in [5.74, 6) is -0.567. The van der Waals surface area contributed by atoms with Crippen molar-refractivity contribution in [3.8, 4) is 11.1 Å². The average Bonchev–Trinajstić information content (AvgIpc) is 3.12. The highest BCUT2D eigenvalue weighted by atomic mass is 19.1. The highest BCUT2D eigenvalue weighted by Gasteiger charge is 2.36. The van der Waals surface area contributed by atoms with E-state index in [0.717, 1.165) is 17.5 Å². The van der Waals surface area contributed by atoms with Gasteiger partial charge in [-0.25, -0.2) is 9.18 Å². The predicted molar refractivity (Wildman–Crippen MR) is 106 cm³/mol. The standard InChI is InChI=1S/C22H25FN2O3/c1-22(2,3)28-21(27)25-14-6-9-19(25)20(26)24-18-8-5-4-7-17(18)15-10-12-16(23)13-11-15/h4-5,7-8,10-13,19H,6,9,14H2,1-3H3,(H,24,26). The van der Waals surface area contributed by atoms with E-state index in [0.29, 0.717) is 18.7 Å². The average molecular weight is 384 g/mol. The van der Waals surface area contributed by atoms with Crippen LogP contribution < -0.4 is 5.32 Å². The van der Waals surface area contributed by atoms with Gasteiger partial charge in [0.1, 0.15) is 17.5 Å². The van der Waals surface area contributed by atoms with Crippen LogP contribution in [0.3, 0.4) is 0 Å². The molecule has 0 aliphatic carbocycles. The molecule has 1 unspecified atom stereocenters. The molecule has 0 radical (unpaired) electrons. The normalized spacial score (nSPS) is 16.7. The van der Waals surface area contributed by atoms with Gasteiger partial charge in [-0.2, -0.15) is 0 Å². The fraction of sp³-hybridized carbons (Fsp3) is 0.364. The van der Waals surface area contributed by atoms with Crippen molar-refractivity contribution in [3.63, 3.8) is 0 Å². The van der Waals surface area contributed by atoms with E-state index in [1.54, 1.807) is 39.0 Å². The number of carbonyl (C=O) groups excluding carboxylic acids is 2. The van der Waals surface area contributed by atoms with E-state index in [4.69, 9.17) is 4.74 Å². The largest absolute Gasteiger partial charge is 0.444 e. The molecule has 0 aromatic heterocycles. The molecule has 1 atom stereocenters. The van der Waals surface area contributed by atoms with Crippen LogP contribution in [0.5, 0.6) is 0 Å². The summed E-state index contributed by atoms with van der Waals surface area (Å²) in [5.41, 5.74) is 1.59. The minimum absolute atomic E-state index is 0.252. The third-order valence-electron chi connectivity index (χ3n) is 4.52. The topological polar surface area (TPSA) is 58.6 Å². The number of carbonyl (C=O) groups is 2. The molecule has 5 nitrogen and oxygen atoms in total. The van der Waals surface area contributed by atoms with Gasteiger partial charge in [-0.15, -0.1) is 0 Å². The Hall–Kier alpha value is -2.89. The van der Waals surface area contributed by atoms with Crippen molar-refractivity contribution in [1.82, 2.24) is 4.90 Å².